The number of rotatable bonds is 4. The van der Waals surface area contributed by atoms with Gasteiger partial charge in [0.25, 0.3) is 0 Å². The van der Waals surface area contributed by atoms with E-state index in [2.05, 4.69) is 117 Å². The van der Waals surface area contributed by atoms with Crippen LogP contribution < -0.4 is 0 Å². The number of para-hydroxylation sites is 1. The Morgan fingerprint density at radius 2 is 1.38 bits per heavy atom. The van der Waals surface area contributed by atoms with E-state index >= 15 is 0 Å². The molecule has 0 unspecified atom stereocenters. The van der Waals surface area contributed by atoms with E-state index in [0.717, 1.165) is 5.52 Å². The molecule has 0 saturated heterocycles. The van der Waals surface area contributed by atoms with Gasteiger partial charge in [-0.05, 0) is 18.1 Å². The number of nitrogens with zero attached hydrogens (tertiary/aromatic N) is 1. The summed E-state index contributed by atoms with van der Waals surface area (Å²) in [4.78, 5) is 4.62. The average Bonchev–Trinajstić information content (AvgIpc) is 3.50. The van der Waals surface area contributed by atoms with Crippen LogP contribution in [-0.2, 0) is 29.8 Å². The molecule has 6 aromatic rings. The average molecular weight is 650 g/mol. The van der Waals surface area contributed by atoms with Gasteiger partial charge in [0.1, 0.15) is 0 Å². The Kier molecular flexibility index (Phi) is 17.4. The number of aromatic nitrogens is 1. The molecule has 1 nitrogen and oxygen atoms in total. The number of hydrogen-bond donors (Lipinski definition) is 0. The van der Waals surface area contributed by atoms with Crippen molar-refractivity contribution in [1.29, 1.82) is 0 Å². The van der Waals surface area contributed by atoms with Gasteiger partial charge in [-0.2, -0.15) is 12.1 Å². The summed E-state index contributed by atoms with van der Waals surface area (Å²) < 4.78 is 0. The van der Waals surface area contributed by atoms with E-state index in [-0.39, 0.29) is 39.7 Å². The summed E-state index contributed by atoms with van der Waals surface area (Å²) in [6.45, 7) is 7.43. The van der Waals surface area contributed by atoms with E-state index in [1.54, 1.807) is 0 Å². The van der Waals surface area contributed by atoms with Gasteiger partial charge in [0, 0.05) is 11.6 Å². The second-order valence-electron chi connectivity index (χ2n) is 8.82. The second-order valence-corrected chi connectivity index (χ2v) is 8.82. The molecule has 39 heavy (non-hydrogen) atoms. The molecular weight excluding hydrogens is 613 g/mol. The molecule has 0 bridgehead atoms. The summed E-state index contributed by atoms with van der Waals surface area (Å²) in [6, 6.07) is 34.7. The van der Waals surface area contributed by atoms with Gasteiger partial charge in [0.05, 0.1) is 5.52 Å². The third kappa shape index (κ3) is 8.98. The zero-order valence-electron chi connectivity index (χ0n) is 23.2. The predicted octanol–water partition coefficient (Wildman–Crippen LogP) is 10.3. The van der Waals surface area contributed by atoms with Crippen molar-refractivity contribution in [2.75, 3.05) is 0 Å². The number of unbranched alkanes of at least 4 members (excludes halogenated alkanes) is 1. The normalized spacial score (nSPS) is 9.46. The zero-order valence-corrected chi connectivity index (χ0v) is 28.3. The molecular formula is C34H37Cl2NSiZr-4. The van der Waals surface area contributed by atoms with Gasteiger partial charge >= 0.3 is 30.2 Å². The molecule has 0 amide bonds. The quantitative estimate of drug-likeness (QED) is 0.137. The van der Waals surface area contributed by atoms with Crippen LogP contribution in [0.5, 0.6) is 0 Å². The standard InChI is InChI=1S/C22H20N.C10H9.2CH3.2ClH.Si.Zr/c1-2-3-7-16-14-18-9-5-11-19(21(18)15-16)20-12-4-8-17-10-6-13-23-22(17)20;1-8-6-9-4-2-3-5-10(9)7-8;;;;;;/h4-6,8-15H,2-3,7H2,1H3;2-7H,1H3;2*1H3;2*1H;;/q4*-1;;;;. The van der Waals surface area contributed by atoms with Crippen LogP contribution in [0.25, 0.3) is 43.6 Å². The summed E-state index contributed by atoms with van der Waals surface area (Å²) in [5.74, 6) is 0. The second kappa shape index (κ2) is 18.3. The fourth-order valence-electron chi connectivity index (χ4n) is 4.68. The molecule has 2 radical (unpaired) electrons. The SMILES string of the molecule is CCCCc1cc2c(-c3cccc4cccnc34)cccc2[cH-]1.Cc1cc2ccccc2[cH-]1.Cl.Cl.[CH3-].[CH3-].[Si]=[Zr]. The van der Waals surface area contributed by atoms with Gasteiger partial charge in [0.2, 0.25) is 0 Å². The molecule has 0 saturated carbocycles. The van der Waals surface area contributed by atoms with Crippen LogP contribution in [0.15, 0.2) is 103 Å². The molecule has 5 heteroatoms. The van der Waals surface area contributed by atoms with Crippen LogP contribution in [0.3, 0.4) is 0 Å². The molecule has 0 fully saturated rings. The fourth-order valence-corrected chi connectivity index (χ4v) is 4.68. The topological polar surface area (TPSA) is 12.9 Å². The van der Waals surface area contributed by atoms with Crippen molar-refractivity contribution >= 4 is 64.1 Å². The number of pyridine rings is 1. The van der Waals surface area contributed by atoms with E-state index in [0.29, 0.717) is 0 Å². The van der Waals surface area contributed by atoms with Crippen LogP contribution in [0.4, 0.5) is 0 Å². The molecule has 5 aromatic carbocycles. The molecule has 6 rings (SSSR count). The van der Waals surface area contributed by atoms with Crippen LogP contribution in [0, 0.1) is 21.8 Å². The Morgan fingerprint density at radius 3 is 2.13 bits per heavy atom. The van der Waals surface area contributed by atoms with Crippen LogP contribution >= 0.6 is 24.8 Å². The van der Waals surface area contributed by atoms with E-state index in [1.807, 2.05) is 12.3 Å². The number of halogens is 2. The number of fused-ring (bicyclic) bond motifs is 3. The van der Waals surface area contributed by atoms with Crippen molar-refractivity contribution in [1.82, 2.24) is 4.98 Å². The Hall–Kier alpha value is -2.03. The third-order valence-electron chi connectivity index (χ3n) is 6.31. The van der Waals surface area contributed by atoms with E-state index in [9.17, 15) is 0 Å². The molecule has 1 heterocycles. The monoisotopic (exact) mass is 647 g/mol. The van der Waals surface area contributed by atoms with Crippen molar-refractivity contribution in [2.45, 2.75) is 33.1 Å². The Morgan fingerprint density at radius 1 is 0.744 bits per heavy atom. The maximum atomic E-state index is 4.62. The molecule has 1 aromatic heterocycles. The van der Waals surface area contributed by atoms with Gasteiger partial charge < -0.3 is 14.9 Å². The number of benzene rings is 3. The van der Waals surface area contributed by atoms with Crippen LogP contribution in [-0.4, -0.2) is 11.9 Å². The summed E-state index contributed by atoms with van der Waals surface area (Å²) in [6.07, 6.45) is 5.53. The summed E-state index contributed by atoms with van der Waals surface area (Å²) in [5.41, 5.74) is 6.39. The van der Waals surface area contributed by atoms with E-state index < -0.39 is 0 Å². The number of hydrogen-bond acceptors (Lipinski definition) is 1. The van der Waals surface area contributed by atoms with Gasteiger partial charge in [-0.3, -0.25) is 4.98 Å². The van der Waals surface area contributed by atoms with Gasteiger partial charge in [0.15, 0.2) is 0 Å². The summed E-state index contributed by atoms with van der Waals surface area (Å²) in [7, 11) is 0. The number of aryl methyl sites for hydroxylation is 2. The third-order valence-corrected chi connectivity index (χ3v) is 6.31. The summed E-state index contributed by atoms with van der Waals surface area (Å²) >= 11 is 1.36. The van der Waals surface area contributed by atoms with Crippen molar-refractivity contribution in [3.05, 3.63) is 129 Å². The Bertz CT molecular complexity index is 1520. The first-order valence-electron chi connectivity index (χ1n) is 12.1. The van der Waals surface area contributed by atoms with E-state index in [1.165, 1.54) is 91.8 Å². The first-order chi connectivity index (χ1) is 17.2. The molecule has 0 spiro atoms. The molecule has 0 aliphatic heterocycles. The van der Waals surface area contributed by atoms with Crippen molar-refractivity contribution in [3.8, 4) is 11.1 Å². The van der Waals surface area contributed by atoms with Gasteiger partial charge in [-0.25, -0.2) is 0 Å². The Labute approximate surface area is 264 Å². The molecule has 0 aliphatic carbocycles. The first-order valence-corrected chi connectivity index (χ1v) is 16.3. The van der Waals surface area contributed by atoms with Crippen LogP contribution in [0.1, 0.15) is 30.9 Å². The van der Waals surface area contributed by atoms with Gasteiger partial charge in [-0.1, -0.05) is 68.7 Å². The maximum absolute atomic E-state index is 4.62. The van der Waals surface area contributed by atoms with Crippen molar-refractivity contribution in [2.24, 2.45) is 0 Å². The van der Waals surface area contributed by atoms with Gasteiger partial charge in [-0.15, -0.1) is 100.0 Å². The molecule has 0 aliphatic rings. The molecule has 0 atom stereocenters. The summed E-state index contributed by atoms with van der Waals surface area (Å²) in [5, 5.41) is 6.57. The molecule has 0 N–H and O–H groups in total. The van der Waals surface area contributed by atoms with Crippen LogP contribution in [0.2, 0.25) is 0 Å². The minimum atomic E-state index is 0. The Balaban J connectivity index is 0.000000772. The minimum absolute atomic E-state index is 0. The first kappa shape index (κ1) is 37.0. The van der Waals surface area contributed by atoms with Crippen molar-refractivity contribution < 1.29 is 23.3 Å². The zero-order chi connectivity index (χ0) is 24.6. The predicted molar refractivity (Wildman–Crippen MR) is 176 cm³/mol. The fraction of sp³-hybridized carbons (Fsp3) is 0.147. The van der Waals surface area contributed by atoms with E-state index in [4.69, 9.17) is 0 Å². The van der Waals surface area contributed by atoms with Crippen molar-refractivity contribution in [3.63, 3.8) is 0 Å². The molecule has 204 valence electrons.